The Morgan fingerprint density at radius 2 is 2.00 bits per heavy atom. The molecule has 0 amide bonds. The highest BCUT2D eigenvalue weighted by Gasteiger charge is 2.49. The van der Waals surface area contributed by atoms with E-state index in [2.05, 4.69) is 17.1 Å². The molecule has 3 rings (SSSR count). The first-order valence-electron chi connectivity index (χ1n) is 7.82. The molecule has 108 valence electrons. The fourth-order valence-corrected chi connectivity index (χ4v) is 4.22. The van der Waals surface area contributed by atoms with Gasteiger partial charge in [-0.15, -0.1) is 0 Å². The standard InChI is InChI=1S/C15H26N2O2/c1-2-17(10-14(18)19)13-6-11(7-13)16-12-8-15(9-12)4-3-5-15/h11-13,16H,2-10H2,1H3,(H,18,19). The van der Waals surface area contributed by atoms with Gasteiger partial charge in [0.1, 0.15) is 0 Å². The molecule has 0 bridgehead atoms. The molecule has 0 atom stereocenters. The Labute approximate surface area is 115 Å². The number of carboxylic acid groups (broad SMARTS) is 1. The van der Waals surface area contributed by atoms with Gasteiger partial charge < -0.3 is 10.4 Å². The van der Waals surface area contributed by atoms with Crippen LogP contribution in [-0.2, 0) is 4.79 Å². The van der Waals surface area contributed by atoms with Crippen LogP contribution in [0.1, 0.15) is 51.9 Å². The smallest absolute Gasteiger partial charge is 0.317 e. The minimum Gasteiger partial charge on any atom is -0.480 e. The first-order chi connectivity index (χ1) is 9.10. The molecule has 3 saturated carbocycles. The van der Waals surface area contributed by atoms with Crippen LogP contribution in [-0.4, -0.2) is 47.2 Å². The van der Waals surface area contributed by atoms with E-state index in [9.17, 15) is 4.79 Å². The minimum atomic E-state index is -0.704. The van der Waals surface area contributed by atoms with Crippen LogP contribution in [0, 0.1) is 5.41 Å². The van der Waals surface area contributed by atoms with E-state index in [4.69, 9.17) is 5.11 Å². The van der Waals surface area contributed by atoms with Crippen molar-refractivity contribution in [1.29, 1.82) is 0 Å². The second-order valence-electron chi connectivity index (χ2n) is 6.90. The Morgan fingerprint density at radius 3 is 2.47 bits per heavy atom. The van der Waals surface area contributed by atoms with Crippen molar-refractivity contribution in [2.75, 3.05) is 13.1 Å². The normalized spacial score (nSPS) is 32.7. The van der Waals surface area contributed by atoms with Gasteiger partial charge in [-0.1, -0.05) is 13.3 Å². The number of nitrogens with zero attached hydrogens (tertiary/aromatic N) is 1. The lowest BCUT2D eigenvalue weighted by molar-refractivity contribution is -0.139. The van der Waals surface area contributed by atoms with Gasteiger partial charge in [0.05, 0.1) is 6.54 Å². The Morgan fingerprint density at radius 1 is 1.32 bits per heavy atom. The highest BCUT2D eigenvalue weighted by Crippen LogP contribution is 2.56. The van der Waals surface area contributed by atoms with Crippen LogP contribution in [0.25, 0.3) is 0 Å². The summed E-state index contributed by atoms with van der Waals surface area (Å²) in [5.74, 6) is -0.704. The van der Waals surface area contributed by atoms with Gasteiger partial charge in [0.2, 0.25) is 0 Å². The maximum absolute atomic E-state index is 10.8. The van der Waals surface area contributed by atoms with E-state index in [1.54, 1.807) is 0 Å². The number of likely N-dealkylation sites (N-methyl/N-ethyl adjacent to an activating group) is 1. The molecule has 0 saturated heterocycles. The first-order valence-corrected chi connectivity index (χ1v) is 7.82. The van der Waals surface area contributed by atoms with Gasteiger partial charge in [-0.25, -0.2) is 0 Å². The molecular formula is C15H26N2O2. The van der Waals surface area contributed by atoms with Crippen molar-refractivity contribution >= 4 is 5.97 Å². The van der Waals surface area contributed by atoms with Crippen LogP contribution in [0.4, 0.5) is 0 Å². The van der Waals surface area contributed by atoms with Gasteiger partial charge in [0, 0.05) is 18.1 Å². The molecule has 3 fully saturated rings. The number of hydrogen-bond donors (Lipinski definition) is 2. The Hall–Kier alpha value is -0.610. The predicted molar refractivity (Wildman–Crippen MR) is 74.1 cm³/mol. The van der Waals surface area contributed by atoms with Crippen LogP contribution < -0.4 is 5.32 Å². The average Bonchev–Trinajstić information content (AvgIpc) is 2.19. The minimum absolute atomic E-state index is 0.195. The molecule has 3 aliphatic rings. The maximum atomic E-state index is 10.8. The molecule has 0 unspecified atom stereocenters. The van der Waals surface area contributed by atoms with Crippen LogP contribution in [0.15, 0.2) is 0 Å². The molecule has 4 nitrogen and oxygen atoms in total. The van der Waals surface area contributed by atoms with E-state index < -0.39 is 5.97 Å². The van der Waals surface area contributed by atoms with E-state index in [0.717, 1.165) is 30.8 Å². The van der Waals surface area contributed by atoms with Crippen LogP contribution in [0.2, 0.25) is 0 Å². The highest BCUT2D eigenvalue weighted by molar-refractivity contribution is 5.69. The Balaban J connectivity index is 1.35. The number of hydrogen-bond acceptors (Lipinski definition) is 3. The largest absolute Gasteiger partial charge is 0.480 e. The van der Waals surface area contributed by atoms with E-state index in [1.807, 2.05) is 0 Å². The van der Waals surface area contributed by atoms with Crippen molar-refractivity contribution < 1.29 is 9.90 Å². The van der Waals surface area contributed by atoms with Gasteiger partial charge in [-0.3, -0.25) is 9.69 Å². The zero-order valence-electron chi connectivity index (χ0n) is 11.9. The van der Waals surface area contributed by atoms with Crippen molar-refractivity contribution in [2.24, 2.45) is 5.41 Å². The summed E-state index contributed by atoms with van der Waals surface area (Å²) in [6.07, 6.45) is 9.40. The van der Waals surface area contributed by atoms with E-state index >= 15 is 0 Å². The molecule has 0 heterocycles. The van der Waals surface area contributed by atoms with Crippen molar-refractivity contribution in [3.8, 4) is 0 Å². The topological polar surface area (TPSA) is 52.6 Å². The SMILES string of the molecule is CCN(CC(=O)O)C1CC(NC2CC3(CCC3)C2)C1. The zero-order valence-corrected chi connectivity index (χ0v) is 11.9. The molecule has 0 aromatic rings. The molecular weight excluding hydrogens is 240 g/mol. The molecule has 1 spiro atoms. The Bertz CT molecular complexity index is 340. The number of carbonyl (C=O) groups is 1. The molecule has 0 aromatic heterocycles. The summed E-state index contributed by atoms with van der Waals surface area (Å²) in [7, 11) is 0. The number of carboxylic acids is 1. The lowest BCUT2D eigenvalue weighted by atomic mass is 9.54. The molecule has 0 aliphatic heterocycles. The molecule has 19 heavy (non-hydrogen) atoms. The summed E-state index contributed by atoms with van der Waals surface area (Å²) < 4.78 is 0. The summed E-state index contributed by atoms with van der Waals surface area (Å²) >= 11 is 0. The lowest BCUT2D eigenvalue weighted by Gasteiger charge is -2.56. The summed E-state index contributed by atoms with van der Waals surface area (Å²) in [6.45, 7) is 3.09. The van der Waals surface area contributed by atoms with Crippen molar-refractivity contribution in [1.82, 2.24) is 10.2 Å². The maximum Gasteiger partial charge on any atom is 0.317 e. The first kappa shape index (κ1) is 13.4. The summed E-state index contributed by atoms with van der Waals surface area (Å²) in [5.41, 5.74) is 0.750. The summed E-state index contributed by atoms with van der Waals surface area (Å²) in [6, 6.07) is 1.87. The van der Waals surface area contributed by atoms with Crippen LogP contribution in [0.5, 0.6) is 0 Å². The second-order valence-corrected chi connectivity index (χ2v) is 6.90. The number of nitrogens with one attached hydrogen (secondary N) is 1. The van der Waals surface area contributed by atoms with Crippen LogP contribution in [0.3, 0.4) is 0 Å². The summed E-state index contributed by atoms with van der Waals surface area (Å²) in [4.78, 5) is 12.9. The van der Waals surface area contributed by atoms with Gasteiger partial charge in [0.25, 0.3) is 0 Å². The Kier molecular flexibility index (Phi) is 3.56. The van der Waals surface area contributed by atoms with Gasteiger partial charge >= 0.3 is 5.97 Å². The summed E-state index contributed by atoms with van der Waals surface area (Å²) in [5, 5.41) is 12.6. The fraction of sp³-hybridized carbons (Fsp3) is 0.933. The lowest BCUT2D eigenvalue weighted by Crippen LogP contribution is -2.60. The molecule has 4 heteroatoms. The molecule has 2 N–H and O–H groups in total. The average molecular weight is 266 g/mol. The third-order valence-electron chi connectivity index (χ3n) is 5.62. The number of aliphatic carboxylic acids is 1. The van der Waals surface area contributed by atoms with Crippen molar-refractivity contribution in [3.05, 3.63) is 0 Å². The van der Waals surface area contributed by atoms with Crippen LogP contribution >= 0.6 is 0 Å². The van der Waals surface area contributed by atoms with E-state index in [-0.39, 0.29) is 6.54 Å². The van der Waals surface area contributed by atoms with E-state index in [1.165, 1.54) is 32.1 Å². The van der Waals surface area contributed by atoms with Gasteiger partial charge in [-0.05, 0) is 50.5 Å². The monoisotopic (exact) mass is 266 g/mol. The predicted octanol–water partition coefficient (Wildman–Crippen LogP) is 1.85. The third kappa shape index (κ3) is 2.65. The molecule has 3 aliphatic carbocycles. The third-order valence-corrected chi connectivity index (χ3v) is 5.62. The van der Waals surface area contributed by atoms with E-state index in [0.29, 0.717) is 12.1 Å². The van der Waals surface area contributed by atoms with Gasteiger partial charge in [0.15, 0.2) is 0 Å². The quantitative estimate of drug-likeness (QED) is 0.770. The second kappa shape index (κ2) is 5.06. The fourth-order valence-electron chi connectivity index (χ4n) is 4.22. The van der Waals surface area contributed by atoms with Crippen molar-refractivity contribution in [2.45, 2.75) is 70.0 Å². The van der Waals surface area contributed by atoms with Gasteiger partial charge in [-0.2, -0.15) is 0 Å². The van der Waals surface area contributed by atoms with Crippen molar-refractivity contribution in [3.63, 3.8) is 0 Å². The molecule has 0 radical (unpaired) electrons. The highest BCUT2D eigenvalue weighted by atomic mass is 16.4. The molecule has 0 aromatic carbocycles. The number of rotatable bonds is 6. The zero-order chi connectivity index (χ0) is 13.5.